The molecule has 1 aromatic carbocycles. The Morgan fingerprint density at radius 1 is 1.30 bits per heavy atom. The molecule has 3 saturated heterocycles. The quantitative estimate of drug-likeness (QED) is 0.456. The molecule has 0 saturated carbocycles. The number of anilines is 2. The van der Waals surface area contributed by atoms with E-state index in [1.807, 2.05) is 4.90 Å². The van der Waals surface area contributed by atoms with Crippen LogP contribution in [0.15, 0.2) is 23.3 Å². The molecule has 3 heterocycles. The van der Waals surface area contributed by atoms with Crippen molar-refractivity contribution in [2.45, 2.75) is 24.7 Å². The fraction of sp³-hybridized carbons (Fsp3) is 0.588. The van der Waals surface area contributed by atoms with Crippen LogP contribution in [0.5, 0.6) is 0 Å². The van der Waals surface area contributed by atoms with Gasteiger partial charge in [0.25, 0.3) is 0 Å². The molecule has 0 radical (unpaired) electrons. The van der Waals surface area contributed by atoms with E-state index >= 15 is 0 Å². The number of ether oxygens (including phenoxy) is 3. The van der Waals surface area contributed by atoms with Crippen LogP contribution in [0, 0.1) is 5.82 Å². The highest BCUT2D eigenvalue weighted by molar-refractivity contribution is 5.90. The molecule has 9 nitrogen and oxygen atoms in total. The van der Waals surface area contributed by atoms with Gasteiger partial charge in [-0.3, -0.25) is 4.90 Å². The fourth-order valence-electron chi connectivity index (χ4n) is 3.75. The van der Waals surface area contributed by atoms with Crippen molar-refractivity contribution in [2.75, 3.05) is 49.2 Å². The molecule has 1 amide bonds. The van der Waals surface area contributed by atoms with Crippen LogP contribution in [0.2, 0.25) is 0 Å². The Kier molecular flexibility index (Phi) is 4.77. The van der Waals surface area contributed by atoms with Gasteiger partial charge in [-0.1, -0.05) is 5.11 Å². The van der Waals surface area contributed by atoms with Crippen molar-refractivity contribution in [3.63, 3.8) is 0 Å². The van der Waals surface area contributed by atoms with Crippen molar-refractivity contribution in [3.05, 3.63) is 34.5 Å². The molecule has 0 unspecified atom stereocenters. The number of halogens is 1. The summed E-state index contributed by atoms with van der Waals surface area (Å²) in [5.41, 5.74) is 9.28. The lowest BCUT2D eigenvalue weighted by atomic mass is 10.0. The average molecular weight is 377 g/mol. The highest BCUT2D eigenvalue weighted by atomic mass is 19.1. The van der Waals surface area contributed by atoms with Crippen LogP contribution in [0.3, 0.4) is 0 Å². The highest BCUT2D eigenvalue weighted by Crippen LogP contribution is 2.35. The summed E-state index contributed by atoms with van der Waals surface area (Å²) in [6.45, 7) is 2.76. The number of piperidine rings is 1. The predicted molar refractivity (Wildman–Crippen MR) is 94.1 cm³/mol. The molecule has 0 aliphatic carbocycles. The Morgan fingerprint density at radius 3 is 2.70 bits per heavy atom. The molecule has 0 aromatic heterocycles. The number of nitrogens with zero attached hydrogens (tertiary/aromatic N) is 5. The van der Waals surface area contributed by atoms with Crippen molar-refractivity contribution in [1.29, 1.82) is 0 Å². The number of cyclic esters (lactones) is 1. The predicted octanol–water partition coefficient (Wildman–Crippen LogP) is 2.80. The van der Waals surface area contributed by atoms with Crippen LogP contribution in [0.4, 0.5) is 20.6 Å². The lowest BCUT2D eigenvalue weighted by molar-refractivity contribution is -0.169. The minimum atomic E-state index is -0.573. The molecule has 1 spiro atoms. The van der Waals surface area contributed by atoms with E-state index in [1.54, 1.807) is 12.1 Å². The van der Waals surface area contributed by atoms with Gasteiger partial charge in [0.15, 0.2) is 5.79 Å². The first kappa shape index (κ1) is 17.8. The maximum Gasteiger partial charge on any atom is 0.414 e. The number of hydrogen-bond acceptors (Lipinski definition) is 6. The summed E-state index contributed by atoms with van der Waals surface area (Å²) in [5.74, 6) is -0.907. The van der Waals surface area contributed by atoms with Crippen LogP contribution in [0.1, 0.15) is 12.8 Å². The summed E-state index contributed by atoms with van der Waals surface area (Å²) in [5, 5.41) is 3.41. The van der Waals surface area contributed by atoms with Crippen LogP contribution in [-0.2, 0) is 14.2 Å². The normalized spacial score (nSPS) is 24.2. The van der Waals surface area contributed by atoms with Gasteiger partial charge in [0.1, 0.15) is 11.9 Å². The van der Waals surface area contributed by atoms with E-state index in [4.69, 9.17) is 19.7 Å². The number of hydrogen-bond donors (Lipinski definition) is 0. The van der Waals surface area contributed by atoms with Gasteiger partial charge in [-0.05, 0) is 23.7 Å². The van der Waals surface area contributed by atoms with E-state index in [2.05, 4.69) is 10.0 Å². The number of azide groups is 1. The zero-order valence-electron chi connectivity index (χ0n) is 14.7. The Bertz CT molecular complexity index is 769. The zero-order valence-corrected chi connectivity index (χ0v) is 14.7. The minimum Gasteiger partial charge on any atom is -0.444 e. The van der Waals surface area contributed by atoms with Crippen LogP contribution in [-0.4, -0.2) is 57.4 Å². The van der Waals surface area contributed by atoms with Gasteiger partial charge in [0, 0.05) is 30.8 Å². The van der Waals surface area contributed by atoms with E-state index in [0.29, 0.717) is 50.5 Å². The van der Waals surface area contributed by atoms with Crippen LogP contribution >= 0.6 is 0 Å². The zero-order chi connectivity index (χ0) is 18.9. The largest absolute Gasteiger partial charge is 0.444 e. The molecule has 0 bridgehead atoms. The monoisotopic (exact) mass is 377 g/mol. The minimum absolute atomic E-state index is 0.0545. The summed E-state index contributed by atoms with van der Waals surface area (Å²) < 4.78 is 31.3. The Hall–Kier alpha value is -2.55. The van der Waals surface area contributed by atoms with Gasteiger partial charge in [0.2, 0.25) is 0 Å². The molecule has 27 heavy (non-hydrogen) atoms. The van der Waals surface area contributed by atoms with Gasteiger partial charge in [-0.25, -0.2) is 9.18 Å². The smallest absolute Gasteiger partial charge is 0.414 e. The van der Waals surface area contributed by atoms with Crippen molar-refractivity contribution >= 4 is 17.5 Å². The third-order valence-corrected chi connectivity index (χ3v) is 5.15. The summed E-state index contributed by atoms with van der Waals surface area (Å²) in [7, 11) is 0. The molecule has 4 rings (SSSR count). The Morgan fingerprint density at radius 2 is 2.04 bits per heavy atom. The molecule has 3 aliphatic heterocycles. The molecule has 3 aliphatic rings. The van der Waals surface area contributed by atoms with E-state index in [9.17, 15) is 9.18 Å². The lowest BCUT2D eigenvalue weighted by Gasteiger charge is -2.38. The van der Waals surface area contributed by atoms with Gasteiger partial charge in [-0.15, -0.1) is 0 Å². The first-order valence-electron chi connectivity index (χ1n) is 8.92. The fourth-order valence-corrected chi connectivity index (χ4v) is 3.75. The molecule has 144 valence electrons. The summed E-state index contributed by atoms with van der Waals surface area (Å²) in [6, 6.07) is 4.70. The lowest BCUT2D eigenvalue weighted by Crippen LogP contribution is -2.45. The Balaban J connectivity index is 1.44. The summed E-state index contributed by atoms with van der Waals surface area (Å²) in [4.78, 5) is 18.0. The molecule has 1 atom stereocenters. The van der Waals surface area contributed by atoms with E-state index in [1.165, 1.54) is 11.0 Å². The SMILES string of the molecule is [N-]=[N+]=NC[C@@H]1CN(c2ccc(N3CCC4(CC3)OCCO4)c(F)c2)C(=O)O1. The van der Waals surface area contributed by atoms with Gasteiger partial charge in [-0.2, -0.15) is 0 Å². The van der Waals surface area contributed by atoms with Crippen LogP contribution in [0.25, 0.3) is 10.4 Å². The second-order valence-corrected chi connectivity index (χ2v) is 6.76. The average Bonchev–Trinajstić information content (AvgIpc) is 3.28. The first-order valence-corrected chi connectivity index (χ1v) is 8.92. The van der Waals surface area contributed by atoms with E-state index in [-0.39, 0.29) is 13.1 Å². The van der Waals surface area contributed by atoms with Gasteiger partial charge in [0.05, 0.1) is 37.7 Å². The number of carbonyl (C=O) groups excluding carboxylic acids is 1. The molecular weight excluding hydrogens is 357 g/mol. The topological polar surface area (TPSA) is 100 Å². The van der Waals surface area contributed by atoms with Gasteiger partial charge < -0.3 is 19.1 Å². The Labute approximate surface area is 155 Å². The van der Waals surface area contributed by atoms with Crippen molar-refractivity contribution in [3.8, 4) is 0 Å². The van der Waals surface area contributed by atoms with Crippen molar-refractivity contribution < 1.29 is 23.4 Å². The molecule has 0 N–H and O–H groups in total. The number of rotatable bonds is 4. The number of amides is 1. The van der Waals surface area contributed by atoms with E-state index in [0.717, 1.165) is 0 Å². The second kappa shape index (κ2) is 7.22. The summed E-state index contributed by atoms with van der Waals surface area (Å²) >= 11 is 0. The van der Waals surface area contributed by atoms with Crippen molar-refractivity contribution in [1.82, 2.24) is 0 Å². The second-order valence-electron chi connectivity index (χ2n) is 6.76. The van der Waals surface area contributed by atoms with Crippen molar-refractivity contribution in [2.24, 2.45) is 5.11 Å². The van der Waals surface area contributed by atoms with E-state index < -0.39 is 23.8 Å². The third kappa shape index (κ3) is 3.51. The maximum absolute atomic E-state index is 14.7. The standard InChI is InChI=1S/C17H20FN5O4/c18-14-9-12(23-11-13(10-20-21-19)27-16(23)24)1-2-15(14)22-5-3-17(4-6-22)25-7-8-26-17/h1-2,9,13H,3-8,10-11H2/t13-/m1/s1. The summed E-state index contributed by atoms with van der Waals surface area (Å²) in [6.07, 6.45) is 0.276. The molecule has 3 fully saturated rings. The third-order valence-electron chi connectivity index (χ3n) is 5.15. The maximum atomic E-state index is 14.7. The first-order chi connectivity index (χ1) is 13.1. The van der Waals surface area contributed by atoms with Crippen LogP contribution < -0.4 is 9.80 Å². The number of benzene rings is 1. The molecular formula is C17H20FN5O4. The molecule has 10 heteroatoms. The molecule has 1 aromatic rings. The highest BCUT2D eigenvalue weighted by Gasteiger charge is 2.40. The number of carbonyl (C=O) groups is 1. The van der Waals surface area contributed by atoms with Gasteiger partial charge >= 0.3 is 6.09 Å².